The largest absolute Gasteiger partial charge is 0.497 e. The van der Waals surface area contributed by atoms with Crippen molar-refractivity contribution in [1.29, 1.82) is 0 Å². The minimum atomic E-state index is 0.861. The number of rotatable bonds is 3. The number of ether oxygens (including phenoxy) is 2. The van der Waals surface area contributed by atoms with E-state index in [0.717, 1.165) is 22.7 Å². The minimum absolute atomic E-state index is 0.861. The number of hydrogen-bond donors (Lipinski definition) is 1. The summed E-state index contributed by atoms with van der Waals surface area (Å²) in [5, 5.41) is 1.20. The van der Waals surface area contributed by atoms with Crippen molar-refractivity contribution in [2.45, 2.75) is 6.92 Å². The fourth-order valence-corrected chi connectivity index (χ4v) is 2.57. The molecule has 0 saturated heterocycles. The maximum atomic E-state index is 5.27. The molecule has 0 atom stereocenters. The second-order valence-electron chi connectivity index (χ2n) is 4.77. The van der Waals surface area contributed by atoms with Crippen molar-refractivity contribution in [3.05, 3.63) is 48.2 Å². The number of nitrogens with one attached hydrogen (secondary N) is 1. The fraction of sp³-hybridized carbons (Fsp3) is 0.176. The van der Waals surface area contributed by atoms with E-state index in [1.165, 1.54) is 16.5 Å². The third kappa shape index (κ3) is 2.01. The van der Waals surface area contributed by atoms with E-state index in [9.17, 15) is 0 Å². The van der Waals surface area contributed by atoms with Crippen LogP contribution in [-0.2, 0) is 0 Å². The van der Waals surface area contributed by atoms with Crippen molar-refractivity contribution in [1.82, 2.24) is 4.98 Å². The van der Waals surface area contributed by atoms with Gasteiger partial charge in [-0.25, -0.2) is 0 Å². The molecule has 3 heteroatoms. The predicted octanol–water partition coefficient (Wildman–Crippen LogP) is 4.16. The smallest absolute Gasteiger partial charge is 0.120 e. The fourth-order valence-electron chi connectivity index (χ4n) is 2.57. The number of aromatic amines is 1. The first-order chi connectivity index (χ1) is 9.72. The van der Waals surface area contributed by atoms with Crippen molar-refractivity contribution in [3.63, 3.8) is 0 Å². The van der Waals surface area contributed by atoms with Gasteiger partial charge in [-0.1, -0.05) is 12.1 Å². The Labute approximate surface area is 118 Å². The molecule has 0 saturated carbocycles. The first kappa shape index (κ1) is 12.6. The first-order valence-electron chi connectivity index (χ1n) is 6.53. The van der Waals surface area contributed by atoms with Gasteiger partial charge in [-0.15, -0.1) is 0 Å². The first-order valence-corrected chi connectivity index (χ1v) is 6.53. The zero-order valence-electron chi connectivity index (χ0n) is 11.9. The highest BCUT2D eigenvalue weighted by atomic mass is 16.5. The lowest BCUT2D eigenvalue weighted by Gasteiger charge is -2.04. The minimum Gasteiger partial charge on any atom is -0.497 e. The van der Waals surface area contributed by atoms with E-state index in [0.29, 0.717) is 0 Å². The zero-order chi connectivity index (χ0) is 14.1. The van der Waals surface area contributed by atoms with Gasteiger partial charge in [-0.2, -0.15) is 0 Å². The van der Waals surface area contributed by atoms with Crippen LogP contribution < -0.4 is 9.47 Å². The molecule has 3 rings (SSSR count). The van der Waals surface area contributed by atoms with Crippen LogP contribution in [0.15, 0.2) is 42.5 Å². The van der Waals surface area contributed by atoms with Crippen LogP contribution in [-0.4, -0.2) is 19.2 Å². The van der Waals surface area contributed by atoms with Crippen LogP contribution in [0.5, 0.6) is 11.5 Å². The molecule has 3 nitrogen and oxygen atoms in total. The summed E-state index contributed by atoms with van der Waals surface area (Å²) in [5.41, 5.74) is 4.65. The van der Waals surface area contributed by atoms with Crippen molar-refractivity contribution >= 4 is 10.9 Å². The standard InChI is InChI=1S/C17H17NO2/c1-11-17(12-4-6-13(19-2)7-5-12)15-9-8-14(20-3)10-16(15)18-11/h4-10,18H,1-3H3. The van der Waals surface area contributed by atoms with Gasteiger partial charge in [-0.3, -0.25) is 0 Å². The molecule has 0 bridgehead atoms. The number of methoxy groups -OCH3 is 2. The van der Waals surface area contributed by atoms with Crippen LogP contribution in [0.4, 0.5) is 0 Å². The molecule has 0 unspecified atom stereocenters. The normalized spacial score (nSPS) is 10.8. The second-order valence-corrected chi connectivity index (χ2v) is 4.77. The van der Waals surface area contributed by atoms with Crippen molar-refractivity contribution in [2.24, 2.45) is 0 Å². The van der Waals surface area contributed by atoms with Gasteiger partial charge in [-0.05, 0) is 36.8 Å². The molecular formula is C17H17NO2. The summed E-state index contributed by atoms with van der Waals surface area (Å²) in [5.74, 6) is 1.73. The molecule has 1 N–H and O–H groups in total. The second kappa shape index (κ2) is 4.93. The van der Waals surface area contributed by atoms with Crippen molar-refractivity contribution in [2.75, 3.05) is 14.2 Å². The Kier molecular flexibility index (Phi) is 3.11. The average molecular weight is 267 g/mol. The lowest BCUT2D eigenvalue weighted by atomic mass is 10.0. The van der Waals surface area contributed by atoms with Gasteiger partial charge in [0.1, 0.15) is 11.5 Å². The summed E-state index contributed by atoms with van der Waals surface area (Å²) < 4.78 is 10.5. The topological polar surface area (TPSA) is 34.2 Å². The summed E-state index contributed by atoms with van der Waals surface area (Å²) in [6.07, 6.45) is 0. The quantitative estimate of drug-likeness (QED) is 0.773. The highest BCUT2D eigenvalue weighted by molar-refractivity contribution is 5.98. The molecular weight excluding hydrogens is 250 g/mol. The van der Waals surface area contributed by atoms with Crippen LogP contribution in [0.2, 0.25) is 0 Å². The molecule has 1 aromatic heterocycles. The summed E-state index contributed by atoms with van der Waals surface area (Å²) in [7, 11) is 3.36. The SMILES string of the molecule is COc1ccc(-c2c(C)[nH]c3cc(OC)ccc23)cc1. The van der Waals surface area contributed by atoms with E-state index < -0.39 is 0 Å². The van der Waals surface area contributed by atoms with Gasteiger partial charge in [0, 0.05) is 28.2 Å². The molecule has 0 aliphatic carbocycles. The van der Waals surface area contributed by atoms with E-state index in [4.69, 9.17) is 9.47 Å². The number of fused-ring (bicyclic) bond motifs is 1. The number of aromatic nitrogens is 1. The lowest BCUT2D eigenvalue weighted by molar-refractivity contribution is 0.415. The molecule has 0 spiro atoms. The van der Waals surface area contributed by atoms with E-state index in [2.05, 4.69) is 30.1 Å². The highest BCUT2D eigenvalue weighted by Crippen LogP contribution is 2.34. The molecule has 1 heterocycles. The predicted molar refractivity (Wildman–Crippen MR) is 81.6 cm³/mol. The van der Waals surface area contributed by atoms with Crippen LogP contribution >= 0.6 is 0 Å². The van der Waals surface area contributed by atoms with Crippen LogP contribution in [0.3, 0.4) is 0 Å². The van der Waals surface area contributed by atoms with Gasteiger partial charge in [0.15, 0.2) is 0 Å². The lowest BCUT2D eigenvalue weighted by Crippen LogP contribution is -1.84. The number of aryl methyl sites for hydroxylation is 1. The van der Waals surface area contributed by atoms with Crippen molar-refractivity contribution < 1.29 is 9.47 Å². The Balaban J connectivity index is 2.16. The zero-order valence-corrected chi connectivity index (χ0v) is 11.9. The molecule has 0 aliphatic heterocycles. The van der Waals surface area contributed by atoms with Crippen molar-refractivity contribution in [3.8, 4) is 22.6 Å². The molecule has 102 valence electrons. The Morgan fingerprint density at radius 2 is 1.50 bits per heavy atom. The van der Waals surface area contributed by atoms with Gasteiger partial charge >= 0.3 is 0 Å². The molecule has 0 fully saturated rings. The summed E-state index contributed by atoms with van der Waals surface area (Å²) in [6, 6.07) is 14.2. The van der Waals surface area contributed by atoms with E-state index in [-0.39, 0.29) is 0 Å². The number of benzene rings is 2. The third-order valence-corrected chi connectivity index (χ3v) is 3.57. The Morgan fingerprint density at radius 1 is 0.850 bits per heavy atom. The van der Waals surface area contributed by atoms with Crippen LogP contribution in [0, 0.1) is 6.92 Å². The third-order valence-electron chi connectivity index (χ3n) is 3.57. The Bertz CT molecular complexity index is 742. The van der Waals surface area contributed by atoms with Crippen LogP contribution in [0.1, 0.15) is 5.69 Å². The number of H-pyrrole nitrogens is 1. The van der Waals surface area contributed by atoms with Gasteiger partial charge < -0.3 is 14.5 Å². The maximum absolute atomic E-state index is 5.27. The van der Waals surface area contributed by atoms with E-state index >= 15 is 0 Å². The molecule has 20 heavy (non-hydrogen) atoms. The Morgan fingerprint density at radius 3 is 2.15 bits per heavy atom. The Hall–Kier alpha value is -2.42. The summed E-state index contributed by atoms with van der Waals surface area (Å²) >= 11 is 0. The van der Waals surface area contributed by atoms with Gasteiger partial charge in [0.25, 0.3) is 0 Å². The highest BCUT2D eigenvalue weighted by Gasteiger charge is 2.11. The molecule has 2 aromatic carbocycles. The summed E-state index contributed by atoms with van der Waals surface area (Å²) in [4.78, 5) is 3.42. The van der Waals surface area contributed by atoms with E-state index in [1.54, 1.807) is 14.2 Å². The van der Waals surface area contributed by atoms with Gasteiger partial charge in [0.05, 0.1) is 14.2 Å². The summed E-state index contributed by atoms with van der Waals surface area (Å²) in [6.45, 7) is 2.09. The average Bonchev–Trinajstić information content (AvgIpc) is 2.82. The number of hydrogen-bond acceptors (Lipinski definition) is 2. The molecule has 0 amide bonds. The van der Waals surface area contributed by atoms with E-state index in [1.807, 2.05) is 24.3 Å². The molecule has 3 aromatic rings. The molecule has 0 radical (unpaired) electrons. The van der Waals surface area contributed by atoms with Gasteiger partial charge in [0.2, 0.25) is 0 Å². The molecule has 0 aliphatic rings. The maximum Gasteiger partial charge on any atom is 0.120 e. The monoisotopic (exact) mass is 267 g/mol. The van der Waals surface area contributed by atoms with Crippen LogP contribution in [0.25, 0.3) is 22.0 Å².